The van der Waals surface area contributed by atoms with E-state index in [4.69, 9.17) is 10.5 Å². The number of fused-ring (bicyclic) bond motifs is 1. The topological polar surface area (TPSA) is 48.1 Å². The standard InChI is InChI=1S/C14H18N2O/c1-2-17-9-7-14(15)12-5-3-4-11-6-8-16-10-13(11)12/h3-6,8,10,14H,2,7,9,15H2,1H3. The highest BCUT2D eigenvalue weighted by Crippen LogP contribution is 2.23. The predicted octanol–water partition coefficient (Wildman–Crippen LogP) is 2.66. The molecular formula is C14H18N2O. The Bertz CT molecular complexity index is 479. The summed E-state index contributed by atoms with van der Waals surface area (Å²) in [6.45, 7) is 3.44. The lowest BCUT2D eigenvalue weighted by Crippen LogP contribution is -2.13. The Morgan fingerprint density at radius 3 is 3.06 bits per heavy atom. The van der Waals surface area contributed by atoms with Crippen molar-refractivity contribution in [1.82, 2.24) is 4.98 Å². The van der Waals surface area contributed by atoms with Gasteiger partial charge < -0.3 is 10.5 Å². The van der Waals surface area contributed by atoms with Gasteiger partial charge in [0.15, 0.2) is 0 Å². The fraction of sp³-hybridized carbons (Fsp3) is 0.357. The average Bonchev–Trinajstić information content (AvgIpc) is 2.38. The normalized spacial score (nSPS) is 12.8. The van der Waals surface area contributed by atoms with Gasteiger partial charge in [0.05, 0.1) is 0 Å². The molecule has 2 rings (SSSR count). The highest BCUT2D eigenvalue weighted by atomic mass is 16.5. The fourth-order valence-corrected chi connectivity index (χ4v) is 1.97. The Hall–Kier alpha value is -1.45. The minimum atomic E-state index is 0.00875. The highest BCUT2D eigenvalue weighted by molar-refractivity contribution is 5.85. The van der Waals surface area contributed by atoms with Crippen LogP contribution in [0.1, 0.15) is 24.9 Å². The van der Waals surface area contributed by atoms with Gasteiger partial charge in [0.2, 0.25) is 0 Å². The zero-order valence-corrected chi connectivity index (χ0v) is 10.1. The molecule has 0 aliphatic carbocycles. The van der Waals surface area contributed by atoms with Crippen molar-refractivity contribution < 1.29 is 4.74 Å². The van der Waals surface area contributed by atoms with E-state index in [2.05, 4.69) is 17.1 Å². The Morgan fingerprint density at radius 1 is 1.35 bits per heavy atom. The van der Waals surface area contributed by atoms with Gasteiger partial charge in [0.1, 0.15) is 0 Å². The van der Waals surface area contributed by atoms with Crippen LogP contribution in [0.2, 0.25) is 0 Å². The summed E-state index contributed by atoms with van der Waals surface area (Å²) >= 11 is 0. The molecule has 1 heterocycles. The average molecular weight is 230 g/mol. The summed E-state index contributed by atoms with van der Waals surface area (Å²) in [6, 6.07) is 8.21. The molecule has 1 unspecified atom stereocenters. The summed E-state index contributed by atoms with van der Waals surface area (Å²) in [4.78, 5) is 4.17. The van der Waals surface area contributed by atoms with Crippen LogP contribution >= 0.6 is 0 Å². The van der Waals surface area contributed by atoms with E-state index in [1.54, 1.807) is 6.20 Å². The van der Waals surface area contributed by atoms with Gasteiger partial charge in [0.25, 0.3) is 0 Å². The Balaban J connectivity index is 2.22. The second-order valence-corrected chi connectivity index (χ2v) is 4.04. The summed E-state index contributed by atoms with van der Waals surface area (Å²) in [5.41, 5.74) is 7.34. The second kappa shape index (κ2) is 5.75. The van der Waals surface area contributed by atoms with Crippen LogP contribution in [0.3, 0.4) is 0 Å². The van der Waals surface area contributed by atoms with Crippen LogP contribution in [-0.2, 0) is 4.74 Å². The molecule has 2 aromatic rings. The Kier molecular flexibility index (Phi) is 4.07. The van der Waals surface area contributed by atoms with E-state index in [0.29, 0.717) is 6.61 Å². The summed E-state index contributed by atoms with van der Waals surface area (Å²) in [5, 5.41) is 2.32. The first kappa shape index (κ1) is 12.0. The molecule has 1 atom stereocenters. The van der Waals surface area contributed by atoms with E-state index in [1.807, 2.05) is 25.3 Å². The summed E-state index contributed by atoms with van der Waals surface area (Å²) < 4.78 is 5.34. The quantitative estimate of drug-likeness (QED) is 0.803. The summed E-state index contributed by atoms with van der Waals surface area (Å²) in [7, 11) is 0. The number of nitrogens with two attached hydrogens (primary N) is 1. The lowest BCUT2D eigenvalue weighted by Gasteiger charge is -2.14. The SMILES string of the molecule is CCOCCC(N)c1cccc2ccncc12. The van der Waals surface area contributed by atoms with Crippen LogP contribution in [0.4, 0.5) is 0 Å². The molecule has 17 heavy (non-hydrogen) atoms. The van der Waals surface area contributed by atoms with Crippen LogP contribution in [0, 0.1) is 0 Å². The van der Waals surface area contributed by atoms with Crippen molar-refractivity contribution in [2.45, 2.75) is 19.4 Å². The van der Waals surface area contributed by atoms with Gasteiger partial charge in [-0.1, -0.05) is 18.2 Å². The zero-order valence-electron chi connectivity index (χ0n) is 10.1. The lowest BCUT2D eigenvalue weighted by molar-refractivity contribution is 0.140. The molecule has 0 saturated heterocycles. The molecule has 0 aliphatic heterocycles. The Morgan fingerprint density at radius 2 is 2.24 bits per heavy atom. The molecule has 3 nitrogen and oxygen atoms in total. The minimum Gasteiger partial charge on any atom is -0.382 e. The van der Waals surface area contributed by atoms with Gasteiger partial charge in [-0.15, -0.1) is 0 Å². The van der Waals surface area contributed by atoms with Crippen LogP contribution in [-0.4, -0.2) is 18.2 Å². The van der Waals surface area contributed by atoms with E-state index in [1.165, 1.54) is 5.39 Å². The van der Waals surface area contributed by atoms with Crippen LogP contribution in [0.15, 0.2) is 36.7 Å². The van der Waals surface area contributed by atoms with Gasteiger partial charge in [0, 0.05) is 37.0 Å². The lowest BCUT2D eigenvalue weighted by atomic mass is 9.99. The number of nitrogens with zero attached hydrogens (tertiary/aromatic N) is 1. The van der Waals surface area contributed by atoms with Crippen LogP contribution < -0.4 is 5.73 Å². The third-order valence-corrected chi connectivity index (χ3v) is 2.89. The maximum Gasteiger partial charge on any atom is 0.0483 e. The monoisotopic (exact) mass is 230 g/mol. The van der Waals surface area contributed by atoms with Gasteiger partial charge >= 0.3 is 0 Å². The number of aromatic nitrogens is 1. The number of hydrogen-bond acceptors (Lipinski definition) is 3. The van der Waals surface area contributed by atoms with E-state index in [0.717, 1.165) is 24.0 Å². The zero-order chi connectivity index (χ0) is 12.1. The molecule has 0 fully saturated rings. The van der Waals surface area contributed by atoms with Crippen molar-refractivity contribution in [3.63, 3.8) is 0 Å². The maximum atomic E-state index is 6.19. The molecule has 1 aromatic heterocycles. The molecule has 0 spiro atoms. The minimum absolute atomic E-state index is 0.00875. The van der Waals surface area contributed by atoms with Gasteiger partial charge in [-0.25, -0.2) is 0 Å². The van der Waals surface area contributed by atoms with Crippen molar-refractivity contribution in [2.24, 2.45) is 5.73 Å². The molecule has 0 radical (unpaired) electrons. The third kappa shape index (κ3) is 2.81. The van der Waals surface area contributed by atoms with E-state index in [9.17, 15) is 0 Å². The Labute approximate surface area is 102 Å². The summed E-state index contributed by atoms with van der Waals surface area (Å²) in [5.74, 6) is 0. The van der Waals surface area contributed by atoms with E-state index in [-0.39, 0.29) is 6.04 Å². The maximum absolute atomic E-state index is 6.19. The number of pyridine rings is 1. The first-order valence-corrected chi connectivity index (χ1v) is 5.99. The van der Waals surface area contributed by atoms with Gasteiger partial charge in [-0.3, -0.25) is 4.98 Å². The predicted molar refractivity (Wildman–Crippen MR) is 69.8 cm³/mol. The first-order chi connectivity index (χ1) is 8.33. The summed E-state index contributed by atoms with van der Waals surface area (Å²) in [6.07, 6.45) is 4.52. The molecular weight excluding hydrogens is 212 g/mol. The highest BCUT2D eigenvalue weighted by Gasteiger charge is 2.09. The number of rotatable bonds is 5. The van der Waals surface area contributed by atoms with Crippen LogP contribution in [0.5, 0.6) is 0 Å². The molecule has 0 aliphatic rings. The van der Waals surface area contributed by atoms with Crippen LogP contribution in [0.25, 0.3) is 10.8 Å². The molecule has 0 amide bonds. The molecule has 90 valence electrons. The third-order valence-electron chi connectivity index (χ3n) is 2.89. The number of ether oxygens (including phenoxy) is 1. The first-order valence-electron chi connectivity index (χ1n) is 5.99. The molecule has 0 bridgehead atoms. The molecule has 1 aromatic carbocycles. The fourth-order valence-electron chi connectivity index (χ4n) is 1.97. The van der Waals surface area contributed by atoms with Gasteiger partial charge in [-0.2, -0.15) is 0 Å². The largest absolute Gasteiger partial charge is 0.382 e. The molecule has 3 heteroatoms. The smallest absolute Gasteiger partial charge is 0.0483 e. The van der Waals surface area contributed by atoms with Crippen molar-refractivity contribution in [3.8, 4) is 0 Å². The molecule has 2 N–H and O–H groups in total. The molecule has 0 saturated carbocycles. The van der Waals surface area contributed by atoms with E-state index < -0.39 is 0 Å². The van der Waals surface area contributed by atoms with Crippen molar-refractivity contribution in [3.05, 3.63) is 42.2 Å². The number of hydrogen-bond donors (Lipinski definition) is 1. The van der Waals surface area contributed by atoms with Gasteiger partial charge in [-0.05, 0) is 30.4 Å². The van der Waals surface area contributed by atoms with Crippen molar-refractivity contribution >= 4 is 10.8 Å². The van der Waals surface area contributed by atoms with Crippen molar-refractivity contribution in [1.29, 1.82) is 0 Å². The van der Waals surface area contributed by atoms with Crippen molar-refractivity contribution in [2.75, 3.05) is 13.2 Å². The number of benzene rings is 1. The second-order valence-electron chi connectivity index (χ2n) is 4.04. The van der Waals surface area contributed by atoms with E-state index >= 15 is 0 Å².